The molecule has 0 atom stereocenters. The van der Waals surface area contributed by atoms with E-state index in [0.29, 0.717) is 12.8 Å². The molecule has 0 aromatic heterocycles. The summed E-state index contributed by atoms with van der Waals surface area (Å²) in [7, 11) is 3.21. The van der Waals surface area contributed by atoms with Gasteiger partial charge in [0.15, 0.2) is 5.79 Å². The highest BCUT2D eigenvalue weighted by Gasteiger charge is 2.46. The zero-order chi connectivity index (χ0) is 12.4. The summed E-state index contributed by atoms with van der Waals surface area (Å²) in [6.07, 6.45) is 0.914. The van der Waals surface area contributed by atoms with Gasteiger partial charge in [-0.15, -0.1) is 0 Å². The van der Waals surface area contributed by atoms with E-state index in [2.05, 4.69) is 5.32 Å². The average molecular weight is 231 g/mol. The summed E-state index contributed by atoms with van der Waals surface area (Å²) in [6.45, 7) is 5.51. The standard InChI is InChI=1S/C11H21NO4/c1-10(2,3)16-9(13)12-8-6-11(7-8,14-4)15-5/h8H,6-7H2,1-5H3,(H,12,13). The lowest BCUT2D eigenvalue weighted by atomic mass is 9.85. The number of hydrogen-bond donors (Lipinski definition) is 1. The molecule has 0 aromatic carbocycles. The topological polar surface area (TPSA) is 56.8 Å². The predicted octanol–water partition coefficient (Wildman–Crippen LogP) is 1.66. The van der Waals surface area contributed by atoms with Gasteiger partial charge in [-0.1, -0.05) is 0 Å². The van der Waals surface area contributed by atoms with Crippen LogP contribution in [0.5, 0.6) is 0 Å². The lowest BCUT2D eigenvalue weighted by molar-refractivity contribution is -0.258. The molecule has 1 aliphatic rings. The maximum absolute atomic E-state index is 11.4. The molecule has 0 heterocycles. The van der Waals surface area contributed by atoms with E-state index in [0.717, 1.165) is 0 Å². The molecular weight excluding hydrogens is 210 g/mol. The van der Waals surface area contributed by atoms with Gasteiger partial charge in [0.05, 0.1) is 0 Å². The fourth-order valence-corrected chi connectivity index (χ4v) is 1.68. The van der Waals surface area contributed by atoms with Crippen LogP contribution in [0.3, 0.4) is 0 Å². The molecule has 5 heteroatoms. The van der Waals surface area contributed by atoms with Crippen molar-refractivity contribution in [2.24, 2.45) is 0 Å². The molecule has 1 saturated carbocycles. The monoisotopic (exact) mass is 231 g/mol. The highest BCUT2D eigenvalue weighted by molar-refractivity contribution is 5.68. The van der Waals surface area contributed by atoms with E-state index < -0.39 is 17.5 Å². The first-order valence-electron chi connectivity index (χ1n) is 5.40. The van der Waals surface area contributed by atoms with Crippen LogP contribution in [0.25, 0.3) is 0 Å². The number of carbonyl (C=O) groups excluding carboxylic acids is 1. The number of nitrogens with one attached hydrogen (secondary N) is 1. The number of rotatable bonds is 3. The summed E-state index contributed by atoms with van der Waals surface area (Å²) in [5.74, 6) is -0.528. The minimum atomic E-state index is -0.528. The zero-order valence-electron chi connectivity index (χ0n) is 10.6. The Morgan fingerprint density at radius 2 is 1.75 bits per heavy atom. The van der Waals surface area contributed by atoms with Crippen molar-refractivity contribution >= 4 is 6.09 Å². The van der Waals surface area contributed by atoms with Crippen molar-refractivity contribution in [3.8, 4) is 0 Å². The fourth-order valence-electron chi connectivity index (χ4n) is 1.68. The van der Waals surface area contributed by atoms with Crippen molar-refractivity contribution in [2.75, 3.05) is 14.2 Å². The van der Waals surface area contributed by atoms with Gasteiger partial charge < -0.3 is 19.5 Å². The van der Waals surface area contributed by atoms with Gasteiger partial charge in [0.2, 0.25) is 0 Å². The molecule has 0 spiro atoms. The first-order valence-corrected chi connectivity index (χ1v) is 5.40. The van der Waals surface area contributed by atoms with Crippen LogP contribution in [0.15, 0.2) is 0 Å². The molecule has 0 bridgehead atoms. The molecule has 1 rings (SSSR count). The second-order valence-corrected chi connectivity index (χ2v) is 5.07. The summed E-state index contributed by atoms with van der Waals surface area (Å²) in [6, 6.07) is 0.0646. The lowest BCUT2D eigenvalue weighted by Crippen LogP contribution is -2.57. The Labute approximate surface area is 96.4 Å². The maximum Gasteiger partial charge on any atom is 0.407 e. The van der Waals surface area contributed by atoms with E-state index in [4.69, 9.17) is 14.2 Å². The van der Waals surface area contributed by atoms with Gasteiger partial charge in [0, 0.05) is 33.1 Å². The van der Waals surface area contributed by atoms with Crippen molar-refractivity contribution in [1.29, 1.82) is 0 Å². The van der Waals surface area contributed by atoms with Crippen LogP contribution in [0.1, 0.15) is 33.6 Å². The fraction of sp³-hybridized carbons (Fsp3) is 0.909. The van der Waals surface area contributed by atoms with Gasteiger partial charge in [-0.3, -0.25) is 0 Å². The molecule has 0 radical (unpaired) electrons. The Morgan fingerprint density at radius 1 is 1.25 bits per heavy atom. The van der Waals surface area contributed by atoms with Crippen LogP contribution in [0.4, 0.5) is 4.79 Å². The largest absolute Gasteiger partial charge is 0.444 e. The smallest absolute Gasteiger partial charge is 0.407 e. The van der Waals surface area contributed by atoms with Crippen molar-refractivity contribution < 1.29 is 19.0 Å². The minimum absolute atomic E-state index is 0.0646. The maximum atomic E-state index is 11.4. The molecule has 0 aliphatic heterocycles. The number of hydrogen-bond acceptors (Lipinski definition) is 4. The number of amides is 1. The Kier molecular flexibility index (Phi) is 3.80. The molecule has 1 amide bonds. The van der Waals surface area contributed by atoms with Gasteiger partial charge in [-0.25, -0.2) is 4.79 Å². The molecule has 5 nitrogen and oxygen atoms in total. The van der Waals surface area contributed by atoms with Gasteiger partial charge in [-0.2, -0.15) is 0 Å². The van der Waals surface area contributed by atoms with E-state index in [9.17, 15) is 4.79 Å². The molecule has 94 valence electrons. The normalized spacial score (nSPS) is 20.1. The van der Waals surface area contributed by atoms with Crippen LogP contribution >= 0.6 is 0 Å². The number of methoxy groups -OCH3 is 2. The zero-order valence-corrected chi connectivity index (χ0v) is 10.6. The van der Waals surface area contributed by atoms with Crippen LogP contribution in [0.2, 0.25) is 0 Å². The van der Waals surface area contributed by atoms with Crippen LogP contribution < -0.4 is 5.32 Å². The third-order valence-corrected chi connectivity index (χ3v) is 2.58. The van der Waals surface area contributed by atoms with Gasteiger partial charge in [0.1, 0.15) is 5.60 Å². The summed E-state index contributed by atoms with van der Waals surface area (Å²) in [5.41, 5.74) is -0.465. The van der Waals surface area contributed by atoms with Crippen LogP contribution in [0, 0.1) is 0 Å². The number of carbonyl (C=O) groups is 1. The summed E-state index contributed by atoms with van der Waals surface area (Å²) < 4.78 is 15.6. The van der Waals surface area contributed by atoms with E-state index in [1.165, 1.54) is 0 Å². The first-order chi connectivity index (χ1) is 7.30. The Morgan fingerprint density at radius 3 is 2.12 bits per heavy atom. The highest BCUT2D eigenvalue weighted by Crippen LogP contribution is 2.36. The molecule has 0 saturated heterocycles. The minimum Gasteiger partial charge on any atom is -0.444 e. The molecule has 1 N–H and O–H groups in total. The van der Waals surface area contributed by atoms with Crippen molar-refractivity contribution in [2.45, 2.75) is 51.0 Å². The van der Waals surface area contributed by atoms with Crippen LogP contribution in [-0.2, 0) is 14.2 Å². The number of ether oxygens (including phenoxy) is 3. The molecule has 1 aliphatic carbocycles. The quantitative estimate of drug-likeness (QED) is 0.750. The van der Waals surface area contributed by atoms with Gasteiger partial charge in [-0.05, 0) is 20.8 Å². The third-order valence-electron chi connectivity index (χ3n) is 2.58. The summed E-state index contributed by atoms with van der Waals surface area (Å²) in [5, 5.41) is 2.78. The third kappa shape index (κ3) is 3.35. The van der Waals surface area contributed by atoms with E-state index >= 15 is 0 Å². The van der Waals surface area contributed by atoms with E-state index in [1.54, 1.807) is 14.2 Å². The molecule has 1 fully saturated rings. The van der Waals surface area contributed by atoms with Crippen molar-refractivity contribution in [3.05, 3.63) is 0 Å². The SMILES string of the molecule is COC1(OC)CC(NC(=O)OC(C)(C)C)C1. The van der Waals surface area contributed by atoms with Crippen molar-refractivity contribution in [1.82, 2.24) is 5.32 Å². The van der Waals surface area contributed by atoms with E-state index in [1.807, 2.05) is 20.8 Å². The Hall–Kier alpha value is -0.810. The van der Waals surface area contributed by atoms with Gasteiger partial charge in [0.25, 0.3) is 0 Å². The second kappa shape index (κ2) is 4.59. The molecule has 0 aromatic rings. The molecule has 0 unspecified atom stereocenters. The number of alkyl carbamates (subject to hydrolysis) is 1. The average Bonchev–Trinajstić information content (AvgIpc) is 2.07. The second-order valence-electron chi connectivity index (χ2n) is 5.07. The summed E-state index contributed by atoms with van der Waals surface area (Å²) in [4.78, 5) is 11.4. The van der Waals surface area contributed by atoms with Crippen LogP contribution in [-0.4, -0.2) is 37.7 Å². The highest BCUT2D eigenvalue weighted by atomic mass is 16.7. The first kappa shape index (κ1) is 13.3. The van der Waals surface area contributed by atoms with Gasteiger partial charge >= 0.3 is 6.09 Å². The summed E-state index contributed by atoms with van der Waals surface area (Å²) >= 11 is 0. The molecule has 16 heavy (non-hydrogen) atoms. The predicted molar refractivity (Wildman–Crippen MR) is 59.1 cm³/mol. The lowest BCUT2D eigenvalue weighted by Gasteiger charge is -2.45. The Balaban J connectivity index is 2.30. The molecular formula is C11H21NO4. The van der Waals surface area contributed by atoms with Crippen molar-refractivity contribution in [3.63, 3.8) is 0 Å². The Bertz CT molecular complexity index is 247. The van der Waals surface area contributed by atoms with E-state index in [-0.39, 0.29) is 6.04 Å².